The van der Waals surface area contributed by atoms with Crippen LogP contribution in [0.3, 0.4) is 0 Å². The smallest absolute Gasteiger partial charge is 0.269 e. The van der Waals surface area contributed by atoms with Crippen molar-refractivity contribution in [2.75, 3.05) is 11.4 Å². The summed E-state index contributed by atoms with van der Waals surface area (Å²) >= 11 is 4.50. The third-order valence-electron chi connectivity index (χ3n) is 2.73. The maximum Gasteiger partial charge on any atom is 0.273 e. The Morgan fingerprint density at radius 3 is 2.16 bits per heavy atom. The number of nitrogens with zero attached hydrogens (tertiary/aromatic N) is 1. The second kappa shape index (κ2) is 5.26. The molecule has 0 atom stereocenters. The van der Waals surface area contributed by atoms with Gasteiger partial charge in [-0.25, -0.2) is 8.42 Å². The van der Waals surface area contributed by atoms with Crippen LogP contribution in [0.5, 0.6) is 0 Å². The maximum absolute atomic E-state index is 12.5. The van der Waals surface area contributed by atoms with E-state index in [1.54, 1.807) is 19.2 Å². The van der Waals surface area contributed by atoms with Crippen molar-refractivity contribution < 1.29 is 8.42 Å². The Morgan fingerprint density at radius 1 is 1.11 bits per heavy atom. The lowest BCUT2D eigenvalue weighted by molar-refractivity contribution is 0.596. The second-order valence-corrected chi connectivity index (χ2v) is 9.04. The molecule has 102 valence electrons. The van der Waals surface area contributed by atoms with Crippen molar-refractivity contribution in [2.45, 2.75) is 18.1 Å². The summed E-state index contributed by atoms with van der Waals surface area (Å²) in [6.45, 7) is 3.91. The van der Waals surface area contributed by atoms with Crippen molar-refractivity contribution in [1.29, 1.82) is 0 Å². The molecule has 0 aliphatic carbocycles. The number of benzene rings is 1. The predicted octanol–water partition coefficient (Wildman–Crippen LogP) is 3.95. The van der Waals surface area contributed by atoms with Gasteiger partial charge in [-0.05, 0) is 65.2 Å². The van der Waals surface area contributed by atoms with Gasteiger partial charge in [0, 0.05) is 7.05 Å². The van der Waals surface area contributed by atoms with Crippen LogP contribution in [0.15, 0.2) is 38.3 Å². The molecule has 2 rings (SSSR count). The Balaban J connectivity index is 2.46. The van der Waals surface area contributed by atoms with Gasteiger partial charge in [0.15, 0.2) is 0 Å². The van der Waals surface area contributed by atoms with E-state index in [2.05, 4.69) is 15.9 Å². The van der Waals surface area contributed by atoms with E-state index in [-0.39, 0.29) is 0 Å². The van der Waals surface area contributed by atoms with Crippen molar-refractivity contribution in [3.05, 3.63) is 45.2 Å². The van der Waals surface area contributed by atoms with E-state index in [9.17, 15) is 8.42 Å². The quantitative estimate of drug-likeness (QED) is 0.831. The van der Waals surface area contributed by atoms with Crippen molar-refractivity contribution >= 4 is 43.0 Å². The number of hydrogen-bond acceptors (Lipinski definition) is 3. The first-order chi connectivity index (χ1) is 8.80. The van der Waals surface area contributed by atoms with Gasteiger partial charge in [-0.15, -0.1) is 11.3 Å². The van der Waals surface area contributed by atoms with Crippen LogP contribution < -0.4 is 4.31 Å². The summed E-state index contributed by atoms with van der Waals surface area (Å²) in [4.78, 5) is 0. The Kier molecular flexibility index (Phi) is 4.03. The van der Waals surface area contributed by atoms with E-state index < -0.39 is 10.0 Å². The molecule has 0 aliphatic rings. The average Bonchev–Trinajstić information content (AvgIpc) is 2.74. The molecular formula is C13H14BrNO2S2. The van der Waals surface area contributed by atoms with E-state index in [0.717, 1.165) is 14.9 Å². The molecule has 0 aliphatic heterocycles. The van der Waals surface area contributed by atoms with Gasteiger partial charge in [0.05, 0.1) is 9.47 Å². The highest BCUT2D eigenvalue weighted by molar-refractivity contribution is 9.11. The van der Waals surface area contributed by atoms with Crippen LogP contribution >= 0.6 is 27.3 Å². The van der Waals surface area contributed by atoms with E-state index in [4.69, 9.17) is 0 Å². The fourth-order valence-corrected chi connectivity index (χ4v) is 5.20. The summed E-state index contributed by atoms with van der Waals surface area (Å²) in [5, 5.41) is 0. The minimum absolute atomic E-state index is 0.334. The second-order valence-electron chi connectivity index (χ2n) is 4.38. The molecule has 19 heavy (non-hydrogen) atoms. The van der Waals surface area contributed by atoms with Crippen molar-refractivity contribution in [3.8, 4) is 0 Å². The molecule has 0 radical (unpaired) electrons. The first-order valence-corrected chi connectivity index (χ1v) is 8.68. The van der Waals surface area contributed by atoms with Crippen LogP contribution in [0.1, 0.15) is 11.1 Å². The number of anilines is 1. The fraction of sp³-hybridized carbons (Fsp3) is 0.231. The Hall–Kier alpha value is -0.850. The van der Waals surface area contributed by atoms with Crippen LogP contribution in [0.4, 0.5) is 5.69 Å². The SMILES string of the molecule is Cc1cc(C)cc(N(C)S(=O)(=O)c2ccc(Br)s2)c1. The zero-order valence-electron chi connectivity index (χ0n) is 10.8. The van der Waals surface area contributed by atoms with Crippen LogP contribution in [0.2, 0.25) is 0 Å². The lowest BCUT2D eigenvalue weighted by Crippen LogP contribution is -2.25. The highest BCUT2D eigenvalue weighted by Gasteiger charge is 2.23. The van der Waals surface area contributed by atoms with Gasteiger partial charge in [-0.1, -0.05) is 6.07 Å². The molecule has 1 aromatic carbocycles. The number of sulfonamides is 1. The van der Waals surface area contributed by atoms with E-state index in [0.29, 0.717) is 9.90 Å². The van der Waals surface area contributed by atoms with E-state index >= 15 is 0 Å². The van der Waals surface area contributed by atoms with Crippen LogP contribution in [-0.2, 0) is 10.0 Å². The van der Waals surface area contributed by atoms with Gasteiger partial charge < -0.3 is 0 Å². The molecule has 0 saturated carbocycles. The largest absolute Gasteiger partial charge is 0.273 e. The first-order valence-electron chi connectivity index (χ1n) is 5.63. The number of halogens is 1. The van der Waals surface area contributed by atoms with Gasteiger partial charge in [-0.2, -0.15) is 0 Å². The maximum atomic E-state index is 12.5. The lowest BCUT2D eigenvalue weighted by atomic mass is 10.1. The number of hydrogen-bond donors (Lipinski definition) is 0. The normalized spacial score (nSPS) is 11.6. The molecule has 0 fully saturated rings. The summed E-state index contributed by atoms with van der Waals surface area (Å²) in [6, 6.07) is 9.11. The van der Waals surface area contributed by atoms with Crippen LogP contribution in [0, 0.1) is 13.8 Å². The Morgan fingerprint density at radius 2 is 1.68 bits per heavy atom. The zero-order valence-corrected chi connectivity index (χ0v) is 14.1. The molecule has 0 N–H and O–H groups in total. The standard InChI is InChI=1S/C13H14BrNO2S2/c1-9-6-10(2)8-11(7-9)15(3)19(16,17)13-5-4-12(14)18-13/h4-8H,1-3H3. The van der Waals surface area contributed by atoms with Crippen molar-refractivity contribution in [1.82, 2.24) is 0 Å². The molecular weight excluding hydrogens is 346 g/mol. The van der Waals surface area contributed by atoms with Gasteiger partial charge in [0.2, 0.25) is 0 Å². The number of rotatable bonds is 3. The minimum atomic E-state index is -3.48. The third-order valence-corrected chi connectivity index (χ3v) is 6.61. The van der Waals surface area contributed by atoms with Crippen molar-refractivity contribution in [2.24, 2.45) is 0 Å². The topological polar surface area (TPSA) is 37.4 Å². The predicted molar refractivity (Wildman–Crippen MR) is 83.5 cm³/mol. The van der Waals surface area contributed by atoms with Gasteiger partial charge in [0.1, 0.15) is 4.21 Å². The molecule has 0 unspecified atom stereocenters. The molecule has 6 heteroatoms. The first kappa shape index (κ1) is 14.6. The van der Waals surface area contributed by atoms with Crippen LogP contribution in [-0.4, -0.2) is 15.5 Å². The zero-order chi connectivity index (χ0) is 14.2. The van der Waals surface area contributed by atoms with Gasteiger partial charge in [0.25, 0.3) is 10.0 Å². The molecule has 1 aromatic heterocycles. The molecule has 0 spiro atoms. The van der Waals surface area contributed by atoms with E-state index in [1.165, 1.54) is 15.6 Å². The van der Waals surface area contributed by atoms with Crippen LogP contribution in [0.25, 0.3) is 0 Å². The highest BCUT2D eigenvalue weighted by Crippen LogP contribution is 2.30. The summed E-state index contributed by atoms with van der Waals surface area (Å²) in [6.07, 6.45) is 0. The molecule has 2 aromatic rings. The summed E-state index contributed by atoms with van der Waals surface area (Å²) in [7, 11) is -1.90. The highest BCUT2D eigenvalue weighted by atomic mass is 79.9. The minimum Gasteiger partial charge on any atom is -0.269 e. The summed E-state index contributed by atoms with van der Waals surface area (Å²) in [5.41, 5.74) is 2.77. The third kappa shape index (κ3) is 3.01. The Labute approximate surface area is 126 Å². The fourth-order valence-electron chi connectivity index (χ4n) is 1.84. The van der Waals surface area contributed by atoms with E-state index in [1.807, 2.05) is 32.0 Å². The molecule has 3 nitrogen and oxygen atoms in total. The summed E-state index contributed by atoms with van der Waals surface area (Å²) < 4.78 is 27.4. The van der Waals surface area contributed by atoms with Gasteiger partial charge >= 0.3 is 0 Å². The summed E-state index contributed by atoms with van der Waals surface area (Å²) in [5.74, 6) is 0. The molecule has 0 saturated heterocycles. The van der Waals surface area contributed by atoms with Crippen molar-refractivity contribution in [3.63, 3.8) is 0 Å². The number of aryl methyl sites for hydroxylation is 2. The molecule has 0 amide bonds. The lowest BCUT2D eigenvalue weighted by Gasteiger charge is -2.19. The monoisotopic (exact) mass is 359 g/mol. The van der Waals surface area contributed by atoms with Gasteiger partial charge in [-0.3, -0.25) is 4.31 Å². The number of thiophene rings is 1. The Bertz CT molecular complexity index is 687. The molecule has 1 heterocycles. The average molecular weight is 360 g/mol. The molecule has 0 bridgehead atoms.